The predicted octanol–water partition coefficient (Wildman–Crippen LogP) is 8.54. The van der Waals surface area contributed by atoms with Gasteiger partial charge in [0.05, 0.1) is 36.5 Å². The van der Waals surface area contributed by atoms with Crippen LogP contribution in [-0.4, -0.2) is 69.3 Å². The number of ether oxygens (including phenoxy) is 1. The SMILES string of the molecule is CCOc1cc(C2CCN(CCSOOC)CC2)ccc1Nc1nccc(-c2c(-c3cccc(C(=O)Nc4c(F)cccc4F)c3)nc3ccccn23)n1. The lowest BCUT2D eigenvalue weighted by atomic mass is 9.89. The van der Waals surface area contributed by atoms with Crippen LogP contribution in [-0.2, 0) is 9.22 Å². The maximum atomic E-state index is 14.3. The summed E-state index contributed by atoms with van der Waals surface area (Å²) in [7, 11) is 1.51. The van der Waals surface area contributed by atoms with Crippen molar-refractivity contribution in [1.29, 1.82) is 0 Å². The number of hydrogen-bond donors (Lipinski definition) is 2. The van der Waals surface area contributed by atoms with Gasteiger partial charge in [-0.05, 0) is 98.9 Å². The number of aromatic nitrogens is 4. The van der Waals surface area contributed by atoms with E-state index >= 15 is 0 Å². The number of carbonyl (C=O) groups excluding carboxylic acids is 1. The molecule has 0 spiro atoms. The summed E-state index contributed by atoms with van der Waals surface area (Å²) in [5.74, 6) is -0.0292. The van der Waals surface area contributed by atoms with E-state index < -0.39 is 23.2 Å². The zero-order valence-corrected chi connectivity index (χ0v) is 30.6. The van der Waals surface area contributed by atoms with Crippen LogP contribution in [0.5, 0.6) is 5.75 Å². The Morgan fingerprint density at radius 3 is 2.57 bits per heavy atom. The maximum Gasteiger partial charge on any atom is 0.255 e. The lowest BCUT2D eigenvalue weighted by Crippen LogP contribution is -2.34. The average molecular weight is 752 g/mol. The Hall–Kier alpha value is -5.41. The zero-order valence-electron chi connectivity index (χ0n) is 29.8. The molecule has 1 fully saturated rings. The first-order valence-corrected chi connectivity index (χ1v) is 18.6. The van der Waals surface area contributed by atoms with Crippen LogP contribution < -0.4 is 15.4 Å². The molecule has 0 unspecified atom stereocenters. The van der Waals surface area contributed by atoms with Gasteiger partial charge >= 0.3 is 0 Å². The molecule has 1 saturated heterocycles. The van der Waals surface area contributed by atoms with Gasteiger partial charge in [0, 0.05) is 47.9 Å². The normalized spacial score (nSPS) is 13.6. The first kappa shape index (κ1) is 36.9. The number of amides is 1. The van der Waals surface area contributed by atoms with Crippen molar-refractivity contribution in [2.75, 3.05) is 49.7 Å². The van der Waals surface area contributed by atoms with E-state index in [1.54, 1.807) is 30.5 Å². The predicted molar refractivity (Wildman–Crippen MR) is 206 cm³/mol. The smallest absolute Gasteiger partial charge is 0.255 e. The van der Waals surface area contributed by atoms with Crippen LogP contribution in [0.1, 0.15) is 41.6 Å². The summed E-state index contributed by atoms with van der Waals surface area (Å²) in [5, 5.41) is 5.73. The number of imidazole rings is 1. The largest absolute Gasteiger partial charge is 0.492 e. The molecule has 11 nitrogen and oxygen atoms in total. The van der Waals surface area contributed by atoms with Crippen LogP contribution in [0.3, 0.4) is 0 Å². The molecule has 0 radical (unpaired) electrons. The highest BCUT2D eigenvalue weighted by Crippen LogP contribution is 2.36. The van der Waals surface area contributed by atoms with Crippen LogP contribution in [0.2, 0.25) is 0 Å². The molecule has 3 aromatic heterocycles. The summed E-state index contributed by atoms with van der Waals surface area (Å²) in [6.07, 6.45) is 5.67. The Morgan fingerprint density at radius 2 is 1.78 bits per heavy atom. The number of rotatable bonds is 14. The van der Waals surface area contributed by atoms with E-state index in [1.807, 2.05) is 47.9 Å². The minimum atomic E-state index is -0.864. The quantitative estimate of drug-likeness (QED) is 0.0486. The molecule has 278 valence electrons. The van der Waals surface area contributed by atoms with Gasteiger partial charge in [-0.3, -0.25) is 9.20 Å². The number of anilines is 3. The third kappa shape index (κ3) is 8.37. The fraction of sp³-hybridized carbons (Fsp3) is 0.250. The van der Waals surface area contributed by atoms with Gasteiger partial charge in [-0.25, -0.2) is 28.6 Å². The Balaban J connectivity index is 1.14. The first-order chi connectivity index (χ1) is 26.4. The van der Waals surface area contributed by atoms with E-state index in [0.717, 1.165) is 61.8 Å². The second-order valence-corrected chi connectivity index (χ2v) is 13.4. The maximum absolute atomic E-state index is 14.3. The molecular weight excluding hydrogens is 713 g/mol. The molecule has 14 heteroatoms. The van der Waals surface area contributed by atoms with Gasteiger partial charge in [-0.15, -0.1) is 0 Å². The molecule has 6 aromatic rings. The lowest BCUT2D eigenvalue weighted by molar-refractivity contribution is -0.160. The van der Waals surface area contributed by atoms with Crippen LogP contribution in [0.25, 0.3) is 28.3 Å². The van der Waals surface area contributed by atoms with E-state index in [1.165, 1.54) is 30.8 Å². The van der Waals surface area contributed by atoms with Crippen molar-refractivity contribution in [3.05, 3.63) is 120 Å². The monoisotopic (exact) mass is 751 g/mol. The number of nitrogens with one attached hydrogen (secondary N) is 2. The number of fused-ring (bicyclic) bond motifs is 1. The third-order valence-corrected chi connectivity index (χ3v) is 9.83. The van der Waals surface area contributed by atoms with E-state index in [4.69, 9.17) is 19.0 Å². The Morgan fingerprint density at radius 1 is 0.963 bits per heavy atom. The average Bonchev–Trinajstić information content (AvgIpc) is 3.59. The number of benzene rings is 3. The van der Waals surface area contributed by atoms with Crippen molar-refractivity contribution in [3.63, 3.8) is 0 Å². The van der Waals surface area contributed by atoms with E-state index in [0.29, 0.717) is 46.8 Å². The number of piperidine rings is 1. The molecule has 2 N–H and O–H groups in total. The van der Waals surface area contributed by atoms with Crippen molar-refractivity contribution in [3.8, 4) is 28.4 Å². The van der Waals surface area contributed by atoms with Crippen LogP contribution in [0, 0.1) is 11.6 Å². The van der Waals surface area contributed by atoms with Crippen LogP contribution in [0.4, 0.5) is 26.1 Å². The van der Waals surface area contributed by atoms with Crippen LogP contribution in [0.15, 0.2) is 97.3 Å². The fourth-order valence-electron chi connectivity index (χ4n) is 6.63. The summed E-state index contributed by atoms with van der Waals surface area (Å²) in [4.78, 5) is 34.6. The molecule has 0 saturated carbocycles. The van der Waals surface area contributed by atoms with Crippen molar-refractivity contribution in [2.45, 2.75) is 25.7 Å². The molecule has 0 aliphatic carbocycles. The van der Waals surface area contributed by atoms with Gasteiger partial charge < -0.3 is 20.3 Å². The topological polar surface area (TPSA) is 115 Å². The molecule has 4 heterocycles. The standard InChI is InChI=1S/C40H39F2N7O4S/c1-3-52-34-25-27(26-16-20-48(21-17-26)22-23-54-53-51-2)13-14-32(34)44-40-43-18-15-33(45-40)38-36(46-35-12-4-5-19-49(35)38)28-8-6-9-29(24-28)39(50)47-37-30(41)10-7-11-31(37)42/h4-15,18-19,24-26H,3,16-17,20-23H2,1-2H3,(H,47,50)(H,43,44,45). The summed E-state index contributed by atoms with van der Waals surface area (Å²) < 4.78 is 41.6. The summed E-state index contributed by atoms with van der Waals surface area (Å²) in [5.41, 5.74) is 4.77. The van der Waals surface area contributed by atoms with Gasteiger partial charge in [0.2, 0.25) is 5.95 Å². The van der Waals surface area contributed by atoms with Crippen LogP contribution >= 0.6 is 12.0 Å². The van der Waals surface area contributed by atoms with Crippen molar-refractivity contribution < 1.29 is 27.5 Å². The molecule has 0 atom stereocenters. The molecule has 1 aliphatic heterocycles. The number of pyridine rings is 1. The number of para-hydroxylation sites is 1. The number of hydrogen-bond acceptors (Lipinski definition) is 10. The second kappa shape index (κ2) is 17.2. The highest BCUT2D eigenvalue weighted by atomic mass is 32.2. The fourth-order valence-corrected chi connectivity index (χ4v) is 7.13. The molecule has 0 bridgehead atoms. The lowest BCUT2D eigenvalue weighted by Gasteiger charge is -2.32. The molecule has 7 rings (SSSR count). The molecular formula is C40H39F2N7O4S. The number of halogens is 2. The van der Waals surface area contributed by atoms with Gasteiger partial charge in [0.1, 0.15) is 28.7 Å². The summed E-state index contributed by atoms with van der Waals surface area (Å²) >= 11 is 1.32. The highest BCUT2D eigenvalue weighted by molar-refractivity contribution is 7.94. The van der Waals surface area contributed by atoms with Crippen molar-refractivity contribution in [2.24, 2.45) is 0 Å². The molecule has 54 heavy (non-hydrogen) atoms. The van der Waals surface area contributed by atoms with Gasteiger partial charge in [0.15, 0.2) is 0 Å². The Bertz CT molecular complexity index is 2230. The summed E-state index contributed by atoms with van der Waals surface area (Å²) in [6.45, 7) is 5.43. The minimum absolute atomic E-state index is 0.202. The summed E-state index contributed by atoms with van der Waals surface area (Å²) in [6, 6.07) is 23.9. The molecule has 1 aliphatic rings. The van der Waals surface area contributed by atoms with Gasteiger partial charge in [0.25, 0.3) is 5.91 Å². The highest BCUT2D eigenvalue weighted by Gasteiger charge is 2.23. The van der Waals surface area contributed by atoms with Gasteiger partial charge in [-0.2, -0.15) is 4.33 Å². The first-order valence-electron chi connectivity index (χ1n) is 17.7. The minimum Gasteiger partial charge on any atom is -0.492 e. The number of nitrogens with zero attached hydrogens (tertiary/aromatic N) is 5. The third-order valence-electron chi connectivity index (χ3n) is 9.25. The van der Waals surface area contributed by atoms with E-state index in [9.17, 15) is 13.6 Å². The van der Waals surface area contributed by atoms with Gasteiger partial charge in [-0.1, -0.05) is 30.3 Å². The Labute approximate surface area is 315 Å². The molecule has 3 aromatic carbocycles. The molecule has 1 amide bonds. The number of carbonyl (C=O) groups is 1. The number of likely N-dealkylation sites (tertiary alicyclic amines) is 1. The second-order valence-electron chi connectivity index (χ2n) is 12.6. The van der Waals surface area contributed by atoms with Crippen molar-refractivity contribution >= 4 is 40.9 Å². The van der Waals surface area contributed by atoms with E-state index in [2.05, 4.69) is 37.5 Å². The van der Waals surface area contributed by atoms with E-state index in [-0.39, 0.29) is 5.56 Å². The van der Waals surface area contributed by atoms with Crippen molar-refractivity contribution in [1.82, 2.24) is 24.3 Å². The Kier molecular flexibility index (Phi) is 11.7. The zero-order chi connectivity index (χ0) is 37.4.